The molecule has 1 fully saturated rings. The zero-order chi connectivity index (χ0) is 12.4. The van der Waals surface area contributed by atoms with E-state index in [1.807, 2.05) is 0 Å². The van der Waals surface area contributed by atoms with Gasteiger partial charge in [0.1, 0.15) is 5.75 Å². The lowest BCUT2D eigenvalue weighted by molar-refractivity contribution is -0.119. The molecule has 2 amide bonds. The maximum absolute atomic E-state index is 11.9. The highest BCUT2D eigenvalue weighted by atomic mass is 16.3. The van der Waals surface area contributed by atoms with E-state index in [1.54, 1.807) is 25.1 Å². The number of para-hydroxylation sites is 1. The molecule has 17 heavy (non-hydrogen) atoms. The number of benzene rings is 1. The molecule has 0 bridgehead atoms. The van der Waals surface area contributed by atoms with Gasteiger partial charge in [-0.05, 0) is 18.6 Å². The number of carbonyl (C=O) groups is 2. The van der Waals surface area contributed by atoms with Crippen molar-refractivity contribution in [1.82, 2.24) is 10.6 Å². The molecule has 0 aromatic heterocycles. The molecule has 1 heterocycles. The Morgan fingerprint density at radius 3 is 2.94 bits per heavy atom. The number of amides is 2. The van der Waals surface area contributed by atoms with Crippen LogP contribution in [-0.2, 0) is 4.79 Å². The van der Waals surface area contributed by atoms with Gasteiger partial charge in [-0.25, -0.2) is 0 Å². The lowest BCUT2D eigenvalue weighted by Crippen LogP contribution is -2.36. The molecule has 1 saturated heterocycles. The number of rotatable bonds is 2. The van der Waals surface area contributed by atoms with Crippen LogP contribution in [0.4, 0.5) is 0 Å². The fourth-order valence-corrected chi connectivity index (χ4v) is 1.81. The van der Waals surface area contributed by atoms with Gasteiger partial charge < -0.3 is 15.7 Å². The Morgan fingerprint density at radius 2 is 2.29 bits per heavy atom. The summed E-state index contributed by atoms with van der Waals surface area (Å²) in [5.74, 6) is -0.432. The first kappa shape index (κ1) is 11.4. The van der Waals surface area contributed by atoms with Gasteiger partial charge in [-0.1, -0.05) is 12.1 Å². The third kappa shape index (κ3) is 2.38. The third-order valence-electron chi connectivity index (χ3n) is 2.80. The van der Waals surface area contributed by atoms with E-state index in [-0.39, 0.29) is 35.6 Å². The Labute approximate surface area is 98.8 Å². The van der Waals surface area contributed by atoms with Crippen molar-refractivity contribution in [3.05, 3.63) is 29.3 Å². The van der Waals surface area contributed by atoms with Crippen LogP contribution in [0.25, 0.3) is 0 Å². The minimum absolute atomic E-state index is 0.0118. The van der Waals surface area contributed by atoms with Crippen molar-refractivity contribution in [3.8, 4) is 5.75 Å². The van der Waals surface area contributed by atoms with E-state index in [2.05, 4.69) is 10.6 Å². The first-order chi connectivity index (χ1) is 8.08. The van der Waals surface area contributed by atoms with E-state index in [9.17, 15) is 14.7 Å². The van der Waals surface area contributed by atoms with Gasteiger partial charge in [-0.15, -0.1) is 0 Å². The average molecular weight is 234 g/mol. The largest absolute Gasteiger partial charge is 0.507 e. The van der Waals surface area contributed by atoms with Crippen molar-refractivity contribution in [3.63, 3.8) is 0 Å². The molecule has 1 atom stereocenters. The second kappa shape index (κ2) is 4.45. The van der Waals surface area contributed by atoms with E-state index in [4.69, 9.17) is 0 Å². The second-order valence-corrected chi connectivity index (χ2v) is 4.15. The van der Waals surface area contributed by atoms with E-state index >= 15 is 0 Å². The molecule has 5 nitrogen and oxygen atoms in total. The summed E-state index contributed by atoms with van der Waals surface area (Å²) < 4.78 is 0. The molecule has 0 spiro atoms. The number of phenolic OH excluding ortho intramolecular Hbond substituents is 1. The second-order valence-electron chi connectivity index (χ2n) is 4.15. The van der Waals surface area contributed by atoms with Crippen molar-refractivity contribution in [2.45, 2.75) is 19.4 Å². The number of nitrogens with one attached hydrogen (secondary N) is 2. The minimum Gasteiger partial charge on any atom is -0.507 e. The van der Waals surface area contributed by atoms with Crippen LogP contribution < -0.4 is 10.6 Å². The number of hydrogen-bond donors (Lipinski definition) is 3. The number of phenols is 1. The number of aromatic hydroxyl groups is 1. The standard InChI is InChI=1S/C12H14N2O3/c1-7-3-2-4-9(11(7)16)12(17)14-8-5-10(15)13-6-8/h2-4,8,16H,5-6H2,1H3,(H,13,15)(H,14,17). The van der Waals surface area contributed by atoms with Gasteiger partial charge in [0.2, 0.25) is 5.91 Å². The maximum Gasteiger partial charge on any atom is 0.255 e. The van der Waals surface area contributed by atoms with Crippen LogP contribution in [0.15, 0.2) is 18.2 Å². The lowest BCUT2D eigenvalue weighted by atomic mass is 10.1. The monoisotopic (exact) mass is 234 g/mol. The van der Waals surface area contributed by atoms with Crippen LogP contribution in [0.5, 0.6) is 5.75 Å². The van der Waals surface area contributed by atoms with Crippen LogP contribution in [0.2, 0.25) is 0 Å². The smallest absolute Gasteiger partial charge is 0.255 e. The van der Waals surface area contributed by atoms with E-state index in [1.165, 1.54) is 0 Å². The van der Waals surface area contributed by atoms with Crippen molar-refractivity contribution < 1.29 is 14.7 Å². The van der Waals surface area contributed by atoms with Crippen molar-refractivity contribution in [2.75, 3.05) is 6.54 Å². The fraction of sp³-hybridized carbons (Fsp3) is 0.333. The molecule has 0 aliphatic carbocycles. The normalized spacial score (nSPS) is 18.9. The van der Waals surface area contributed by atoms with Gasteiger partial charge >= 0.3 is 0 Å². The Hall–Kier alpha value is -2.04. The number of carbonyl (C=O) groups excluding carboxylic acids is 2. The zero-order valence-electron chi connectivity index (χ0n) is 9.49. The summed E-state index contributed by atoms with van der Waals surface area (Å²) in [5, 5.41) is 15.1. The summed E-state index contributed by atoms with van der Waals surface area (Å²) in [6.45, 7) is 2.17. The summed E-state index contributed by atoms with van der Waals surface area (Å²) >= 11 is 0. The summed E-state index contributed by atoms with van der Waals surface area (Å²) in [4.78, 5) is 22.9. The molecular formula is C12H14N2O3. The minimum atomic E-state index is -0.354. The zero-order valence-corrected chi connectivity index (χ0v) is 9.49. The summed E-state index contributed by atoms with van der Waals surface area (Å²) in [7, 11) is 0. The van der Waals surface area contributed by atoms with Gasteiger partial charge in [0.25, 0.3) is 5.91 Å². The van der Waals surface area contributed by atoms with Crippen molar-refractivity contribution in [2.24, 2.45) is 0 Å². The first-order valence-electron chi connectivity index (χ1n) is 5.44. The summed E-state index contributed by atoms with van der Waals surface area (Å²) in [6.07, 6.45) is 0.290. The predicted molar refractivity (Wildman–Crippen MR) is 61.7 cm³/mol. The fourth-order valence-electron chi connectivity index (χ4n) is 1.81. The number of hydrogen-bond acceptors (Lipinski definition) is 3. The van der Waals surface area contributed by atoms with Crippen LogP contribution in [0.1, 0.15) is 22.3 Å². The SMILES string of the molecule is Cc1cccc(C(=O)NC2CNC(=O)C2)c1O. The van der Waals surface area contributed by atoms with Crippen LogP contribution in [0.3, 0.4) is 0 Å². The van der Waals surface area contributed by atoms with Crippen molar-refractivity contribution >= 4 is 11.8 Å². The average Bonchev–Trinajstić information content (AvgIpc) is 2.68. The molecular weight excluding hydrogens is 220 g/mol. The highest BCUT2D eigenvalue weighted by Gasteiger charge is 2.24. The lowest BCUT2D eigenvalue weighted by Gasteiger charge is -2.12. The first-order valence-corrected chi connectivity index (χ1v) is 5.44. The van der Waals surface area contributed by atoms with Gasteiger partial charge in [0.05, 0.1) is 11.6 Å². The Balaban J connectivity index is 2.09. The number of aryl methyl sites for hydroxylation is 1. The quantitative estimate of drug-likeness (QED) is 0.689. The van der Waals surface area contributed by atoms with Gasteiger partial charge in [0, 0.05) is 13.0 Å². The van der Waals surface area contributed by atoms with Gasteiger partial charge in [-0.3, -0.25) is 9.59 Å². The highest BCUT2D eigenvalue weighted by molar-refractivity contribution is 5.97. The molecule has 1 aromatic rings. The summed E-state index contributed by atoms with van der Waals surface area (Å²) in [5.41, 5.74) is 0.891. The highest BCUT2D eigenvalue weighted by Crippen LogP contribution is 2.21. The van der Waals surface area contributed by atoms with Crippen LogP contribution in [-0.4, -0.2) is 29.5 Å². The Bertz CT molecular complexity index is 471. The molecule has 3 N–H and O–H groups in total. The molecule has 2 rings (SSSR count). The molecule has 90 valence electrons. The van der Waals surface area contributed by atoms with Crippen molar-refractivity contribution in [1.29, 1.82) is 0 Å². The molecule has 0 saturated carbocycles. The maximum atomic E-state index is 11.9. The third-order valence-corrected chi connectivity index (χ3v) is 2.80. The van der Waals surface area contributed by atoms with Gasteiger partial charge in [-0.2, -0.15) is 0 Å². The topological polar surface area (TPSA) is 78.4 Å². The van der Waals surface area contributed by atoms with Crippen LogP contribution in [0, 0.1) is 6.92 Å². The van der Waals surface area contributed by atoms with E-state index in [0.29, 0.717) is 12.1 Å². The summed E-state index contributed by atoms with van der Waals surface area (Å²) in [6, 6.07) is 4.80. The molecule has 1 unspecified atom stereocenters. The molecule has 1 aliphatic rings. The Kier molecular flexibility index (Phi) is 2.99. The van der Waals surface area contributed by atoms with E-state index in [0.717, 1.165) is 0 Å². The Morgan fingerprint density at radius 1 is 1.53 bits per heavy atom. The van der Waals surface area contributed by atoms with E-state index < -0.39 is 0 Å². The van der Waals surface area contributed by atoms with Crippen LogP contribution >= 0.6 is 0 Å². The molecule has 1 aliphatic heterocycles. The van der Waals surface area contributed by atoms with Gasteiger partial charge in [0.15, 0.2) is 0 Å². The molecule has 0 radical (unpaired) electrons. The predicted octanol–water partition coefficient (Wildman–Crippen LogP) is 0.319. The molecule has 1 aromatic carbocycles. The molecule has 5 heteroatoms.